The molecule has 1 aromatic rings. The lowest BCUT2D eigenvalue weighted by Crippen LogP contribution is -2.54. The maximum absolute atomic E-state index is 12.6. The Labute approximate surface area is 193 Å². The number of benzene rings is 1. The van der Waals surface area contributed by atoms with Crippen LogP contribution in [-0.4, -0.2) is 65.5 Å². The molecule has 0 aliphatic heterocycles. The van der Waals surface area contributed by atoms with Crippen LogP contribution < -0.4 is 21.7 Å². The molecule has 0 heterocycles. The van der Waals surface area contributed by atoms with Crippen molar-refractivity contribution in [2.24, 2.45) is 11.7 Å². The molecule has 0 fully saturated rings. The van der Waals surface area contributed by atoms with Crippen LogP contribution in [0.1, 0.15) is 32.3 Å². The average molecular weight is 467 g/mol. The zero-order valence-electron chi connectivity index (χ0n) is 18.8. The van der Waals surface area contributed by atoms with Gasteiger partial charge in [-0.1, -0.05) is 44.2 Å². The summed E-state index contributed by atoms with van der Waals surface area (Å²) in [6.07, 6.45) is 2.90. The summed E-state index contributed by atoms with van der Waals surface area (Å²) in [5, 5.41) is 17.0. The van der Waals surface area contributed by atoms with Gasteiger partial charge in [0.25, 0.3) is 0 Å². The number of rotatable bonds is 14. The number of carbonyl (C=O) groups is 4. The van der Waals surface area contributed by atoms with Crippen LogP contribution in [-0.2, 0) is 25.6 Å². The number of aliphatic carboxylic acids is 1. The third-order valence-electron chi connectivity index (χ3n) is 4.65. The number of hydrogen-bond acceptors (Lipinski definition) is 6. The summed E-state index contributed by atoms with van der Waals surface area (Å²) in [4.78, 5) is 48.7. The predicted octanol–water partition coefficient (Wildman–Crippen LogP) is 0.526. The van der Waals surface area contributed by atoms with Crippen LogP contribution in [0.3, 0.4) is 0 Å². The number of carboxylic acid groups (broad SMARTS) is 1. The van der Waals surface area contributed by atoms with E-state index in [9.17, 15) is 24.3 Å². The monoisotopic (exact) mass is 466 g/mol. The molecule has 6 N–H and O–H groups in total. The third kappa shape index (κ3) is 10.6. The molecule has 32 heavy (non-hydrogen) atoms. The minimum Gasteiger partial charge on any atom is -0.480 e. The third-order valence-corrected chi connectivity index (χ3v) is 5.29. The molecule has 1 rings (SSSR count). The van der Waals surface area contributed by atoms with E-state index < -0.39 is 48.4 Å². The van der Waals surface area contributed by atoms with Gasteiger partial charge in [-0.15, -0.1) is 0 Å². The molecule has 0 radical (unpaired) electrons. The molecule has 10 heteroatoms. The van der Waals surface area contributed by atoms with Crippen molar-refractivity contribution in [1.82, 2.24) is 16.0 Å². The van der Waals surface area contributed by atoms with Gasteiger partial charge in [0.15, 0.2) is 0 Å². The Morgan fingerprint density at radius 1 is 1.03 bits per heavy atom. The lowest BCUT2D eigenvalue weighted by Gasteiger charge is -2.22. The molecule has 3 unspecified atom stereocenters. The van der Waals surface area contributed by atoms with E-state index in [1.54, 1.807) is 36.0 Å². The second kappa shape index (κ2) is 14.5. The van der Waals surface area contributed by atoms with Crippen molar-refractivity contribution < 1.29 is 24.3 Å². The topological polar surface area (TPSA) is 151 Å². The second-order valence-corrected chi connectivity index (χ2v) is 8.93. The molecule has 0 aromatic heterocycles. The molecule has 0 aliphatic rings. The Morgan fingerprint density at radius 3 is 2.25 bits per heavy atom. The molecular weight excluding hydrogens is 432 g/mol. The van der Waals surface area contributed by atoms with E-state index in [1.807, 2.05) is 26.2 Å². The fourth-order valence-electron chi connectivity index (χ4n) is 2.94. The number of hydrogen-bond donors (Lipinski definition) is 5. The van der Waals surface area contributed by atoms with E-state index >= 15 is 0 Å². The molecule has 0 bridgehead atoms. The van der Waals surface area contributed by atoms with Gasteiger partial charge < -0.3 is 26.8 Å². The zero-order valence-corrected chi connectivity index (χ0v) is 19.6. The van der Waals surface area contributed by atoms with E-state index in [-0.39, 0.29) is 12.3 Å². The molecule has 3 atom stereocenters. The van der Waals surface area contributed by atoms with E-state index in [0.717, 1.165) is 11.3 Å². The highest BCUT2D eigenvalue weighted by molar-refractivity contribution is 7.98. The average Bonchev–Trinajstić information content (AvgIpc) is 2.75. The molecule has 178 valence electrons. The van der Waals surface area contributed by atoms with Gasteiger partial charge in [-0.2, -0.15) is 11.8 Å². The predicted molar refractivity (Wildman–Crippen MR) is 125 cm³/mol. The maximum atomic E-state index is 12.6. The first-order chi connectivity index (χ1) is 15.1. The molecule has 0 aliphatic carbocycles. The van der Waals surface area contributed by atoms with Crippen molar-refractivity contribution in [3.63, 3.8) is 0 Å². The van der Waals surface area contributed by atoms with Crippen LogP contribution in [0.15, 0.2) is 30.3 Å². The Balaban J connectivity index is 2.64. The van der Waals surface area contributed by atoms with Gasteiger partial charge >= 0.3 is 5.97 Å². The largest absolute Gasteiger partial charge is 0.480 e. The summed E-state index contributed by atoms with van der Waals surface area (Å²) in [6, 6.07) is 6.24. The first-order valence-electron chi connectivity index (χ1n) is 10.5. The molecule has 0 saturated carbocycles. The van der Waals surface area contributed by atoms with Gasteiger partial charge in [0.1, 0.15) is 12.1 Å². The van der Waals surface area contributed by atoms with Crippen molar-refractivity contribution in [2.75, 3.05) is 18.6 Å². The molecule has 9 nitrogen and oxygen atoms in total. The van der Waals surface area contributed by atoms with Crippen LogP contribution in [0.5, 0.6) is 0 Å². The highest BCUT2D eigenvalue weighted by Gasteiger charge is 2.26. The fraction of sp³-hybridized carbons (Fsp3) is 0.545. The zero-order chi connectivity index (χ0) is 24.1. The molecule has 1 aromatic carbocycles. The van der Waals surface area contributed by atoms with Gasteiger partial charge in [0.2, 0.25) is 17.7 Å². The van der Waals surface area contributed by atoms with E-state index in [1.165, 1.54) is 0 Å². The van der Waals surface area contributed by atoms with Crippen LogP contribution in [0.2, 0.25) is 0 Å². The molecule has 0 saturated heterocycles. The Bertz CT molecular complexity index is 760. The second-order valence-electron chi connectivity index (χ2n) is 7.94. The number of carbonyl (C=O) groups excluding carboxylic acids is 3. The summed E-state index contributed by atoms with van der Waals surface area (Å²) < 4.78 is 0. The smallest absolute Gasteiger partial charge is 0.326 e. The van der Waals surface area contributed by atoms with E-state index in [0.29, 0.717) is 12.8 Å². The quantitative estimate of drug-likeness (QED) is 0.268. The number of thioether (sulfide) groups is 1. The van der Waals surface area contributed by atoms with Crippen molar-refractivity contribution in [3.8, 4) is 0 Å². The normalized spacial score (nSPS) is 13.7. The van der Waals surface area contributed by atoms with Crippen LogP contribution >= 0.6 is 11.8 Å². The number of nitrogens with two attached hydrogens (primary N) is 1. The molecule has 3 amide bonds. The minimum absolute atomic E-state index is 0.115. The SMILES string of the molecule is CSCCC(N)C(=O)NC(CC(C)C)C(=O)NCC(=O)NC(Cc1ccccc1)C(=O)O. The Kier molecular flexibility index (Phi) is 12.4. The Morgan fingerprint density at radius 2 is 1.69 bits per heavy atom. The highest BCUT2D eigenvalue weighted by atomic mass is 32.2. The van der Waals surface area contributed by atoms with Gasteiger partial charge in [-0.25, -0.2) is 4.79 Å². The van der Waals surface area contributed by atoms with Crippen molar-refractivity contribution >= 4 is 35.5 Å². The minimum atomic E-state index is -1.17. The lowest BCUT2D eigenvalue weighted by atomic mass is 10.0. The highest BCUT2D eigenvalue weighted by Crippen LogP contribution is 2.07. The van der Waals surface area contributed by atoms with E-state index in [4.69, 9.17) is 5.73 Å². The number of carboxylic acids is 1. The first kappa shape index (κ1) is 27.4. The van der Waals surface area contributed by atoms with Gasteiger partial charge in [-0.3, -0.25) is 14.4 Å². The first-order valence-corrected chi connectivity index (χ1v) is 11.9. The van der Waals surface area contributed by atoms with Crippen molar-refractivity contribution in [1.29, 1.82) is 0 Å². The molecular formula is C22H34N4O5S. The van der Waals surface area contributed by atoms with Crippen LogP contribution in [0.4, 0.5) is 0 Å². The number of nitrogens with one attached hydrogen (secondary N) is 3. The Hall–Kier alpha value is -2.59. The summed E-state index contributed by atoms with van der Waals surface area (Å²) in [5.41, 5.74) is 6.64. The molecule has 0 spiro atoms. The number of amides is 3. The van der Waals surface area contributed by atoms with Crippen molar-refractivity contribution in [2.45, 2.75) is 51.2 Å². The van der Waals surface area contributed by atoms with Crippen LogP contribution in [0.25, 0.3) is 0 Å². The summed E-state index contributed by atoms with van der Waals surface area (Å²) in [6.45, 7) is 3.42. The standard InChI is InChI=1S/C22H34N4O5S/c1-14(2)11-17(26-20(28)16(23)9-10-32-3)21(29)24-13-19(27)25-18(22(30)31)12-15-7-5-4-6-8-15/h4-8,14,16-18H,9-13,23H2,1-3H3,(H,24,29)(H,25,27)(H,26,28)(H,30,31). The fourth-order valence-corrected chi connectivity index (χ4v) is 3.43. The lowest BCUT2D eigenvalue weighted by molar-refractivity contribution is -0.141. The van der Waals surface area contributed by atoms with Crippen LogP contribution in [0, 0.1) is 5.92 Å². The maximum Gasteiger partial charge on any atom is 0.326 e. The van der Waals surface area contributed by atoms with Gasteiger partial charge in [0.05, 0.1) is 12.6 Å². The summed E-state index contributed by atoms with van der Waals surface area (Å²) >= 11 is 1.58. The summed E-state index contributed by atoms with van der Waals surface area (Å²) in [7, 11) is 0. The van der Waals surface area contributed by atoms with Crippen molar-refractivity contribution in [3.05, 3.63) is 35.9 Å². The van der Waals surface area contributed by atoms with Gasteiger partial charge in [-0.05, 0) is 36.3 Å². The summed E-state index contributed by atoms with van der Waals surface area (Å²) in [5.74, 6) is -1.90. The van der Waals surface area contributed by atoms with Gasteiger partial charge in [0, 0.05) is 6.42 Å². The van der Waals surface area contributed by atoms with E-state index in [2.05, 4.69) is 16.0 Å².